The van der Waals surface area contributed by atoms with E-state index >= 15 is 0 Å². The lowest BCUT2D eigenvalue weighted by Crippen LogP contribution is -1.97. The van der Waals surface area contributed by atoms with Crippen LogP contribution in [0.15, 0.2) is 89.6 Å². The maximum Gasteiger partial charge on any atom is 0.0702 e. The summed E-state index contributed by atoms with van der Waals surface area (Å²) in [5, 5.41) is 0. The molecule has 0 spiro atoms. The van der Waals surface area contributed by atoms with Crippen molar-refractivity contribution >= 4 is 15.9 Å². The van der Waals surface area contributed by atoms with Crippen LogP contribution in [0.5, 0.6) is 0 Å². The number of hydrogen-bond acceptors (Lipinski definition) is 1. The number of pyridine rings is 1. The number of rotatable bonds is 2. The maximum atomic E-state index is 4.77. The molecule has 1 saturated carbocycles. The average Bonchev–Trinajstić information content (AvgIpc) is 3.47. The third-order valence-electron chi connectivity index (χ3n) is 6.26. The molecular formula is C25H18BrN. The van der Waals surface area contributed by atoms with Crippen LogP contribution >= 0.6 is 15.9 Å². The summed E-state index contributed by atoms with van der Waals surface area (Å²) in [7, 11) is 0. The molecule has 0 amide bonds. The molecule has 0 saturated heterocycles. The van der Waals surface area contributed by atoms with Gasteiger partial charge in [-0.15, -0.1) is 0 Å². The zero-order valence-electron chi connectivity index (χ0n) is 14.7. The van der Waals surface area contributed by atoms with E-state index in [9.17, 15) is 0 Å². The number of nitrogens with zero attached hydrogens (tertiary/aromatic N) is 1. The Morgan fingerprint density at radius 1 is 0.741 bits per heavy atom. The van der Waals surface area contributed by atoms with Gasteiger partial charge in [0.25, 0.3) is 0 Å². The predicted molar refractivity (Wildman–Crippen MR) is 114 cm³/mol. The van der Waals surface area contributed by atoms with Gasteiger partial charge in [-0.1, -0.05) is 76.6 Å². The zero-order valence-corrected chi connectivity index (χ0v) is 16.3. The van der Waals surface area contributed by atoms with Crippen molar-refractivity contribution in [3.05, 3.63) is 101 Å². The number of benzene rings is 2. The quantitative estimate of drug-likeness (QED) is 0.425. The highest BCUT2D eigenvalue weighted by Crippen LogP contribution is 2.61. The average molecular weight is 412 g/mol. The molecule has 4 aliphatic carbocycles. The van der Waals surface area contributed by atoms with E-state index in [1.165, 1.54) is 16.7 Å². The molecule has 27 heavy (non-hydrogen) atoms. The van der Waals surface area contributed by atoms with Gasteiger partial charge in [0.05, 0.1) is 5.69 Å². The van der Waals surface area contributed by atoms with Crippen molar-refractivity contribution in [3.8, 4) is 22.4 Å². The summed E-state index contributed by atoms with van der Waals surface area (Å²) in [5.74, 6) is 2.56. The Bertz CT molecular complexity index is 1090. The molecule has 3 aromatic rings. The van der Waals surface area contributed by atoms with Crippen LogP contribution in [-0.2, 0) is 0 Å². The molecule has 1 nitrogen and oxygen atoms in total. The minimum absolute atomic E-state index is 0.416. The van der Waals surface area contributed by atoms with Gasteiger partial charge in [-0.3, -0.25) is 4.98 Å². The lowest BCUT2D eigenvalue weighted by Gasteiger charge is -2.14. The molecule has 0 aliphatic heterocycles. The molecule has 2 heteroatoms. The Morgan fingerprint density at radius 2 is 1.52 bits per heavy atom. The second-order valence-corrected chi connectivity index (χ2v) is 8.59. The third kappa shape index (κ3) is 2.40. The van der Waals surface area contributed by atoms with Crippen LogP contribution in [0.1, 0.15) is 23.0 Å². The molecule has 2 aromatic carbocycles. The Kier molecular flexibility index (Phi) is 3.33. The number of hydrogen-bond donors (Lipinski definition) is 0. The molecule has 0 N–H and O–H groups in total. The Hall–Kier alpha value is -2.45. The summed E-state index contributed by atoms with van der Waals surface area (Å²) in [4.78, 5) is 4.77. The topological polar surface area (TPSA) is 12.9 Å². The van der Waals surface area contributed by atoms with E-state index in [0.717, 1.165) is 27.6 Å². The van der Waals surface area contributed by atoms with Crippen molar-refractivity contribution in [1.82, 2.24) is 4.98 Å². The first-order valence-corrected chi connectivity index (χ1v) is 10.3. The standard InChI is InChI=1S/C25H18BrN/c26-23-4-2-1-3-18(23)17-8-12-24(27-14-17)16-7-11-21-22(13-16)15-5-9-19-20(10-6-15)25(19)21/h1-15,19-20,25H. The highest BCUT2D eigenvalue weighted by atomic mass is 79.9. The Balaban J connectivity index is 1.39. The van der Waals surface area contributed by atoms with E-state index in [4.69, 9.17) is 4.98 Å². The first-order chi connectivity index (χ1) is 13.3. The minimum Gasteiger partial charge on any atom is -0.256 e. The summed E-state index contributed by atoms with van der Waals surface area (Å²) in [6.45, 7) is 0. The van der Waals surface area contributed by atoms with E-state index in [1.807, 2.05) is 12.3 Å². The minimum atomic E-state index is 0.416. The van der Waals surface area contributed by atoms with Crippen LogP contribution in [0, 0.1) is 11.8 Å². The van der Waals surface area contributed by atoms with Gasteiger partial charge in [0.1, 0.15) is 0 Å². The van der Waals surface area contributed by atoms with E-state index in [2.05, 4.69) is 88.8 Å². The van der Waals surface area contributed by atoms with Gasteiger partial charge in [-0.25, -0.2) is 0 Å². The number of halogens is 1. The largest absolute Gasteiger partial charge is 0.256 e. The van der Waals surface area contributed by atoms with Gasteiger partial charge in [0, 0.05) is 27.7 Å². The predicted octanol–water partition coefficient (Wildman–Crippen LogP) is 6.73. The fraction of sp³-hybridized carbons (Fsp3) is 0.160. The third-order valence-corrected chi connectivity index (χ3v) is 6.95. The fourth-order valence-electron chi connectivity index (χ4n) is 4.78. The van der Waals surface area contributed by atoms with Crippen molar-refractivity contribution in [2.45, 2.75) is 11.8 Å². The van der Waals surface area contributed by atoms with Crippen molar-refractivity contribution in [3.63, 3.8) is 0 Å². The number of allylic oxidation sites excluding steroid dienone is 4. The molecule has 0 radical (unpaired) electrons. The molecule has 1 fully saturated rings. The molecule has 1 heterocycles. The molecule has 4 bridgehead atoms. The monoisotopic (exact) mass is 411 g/mol. The van der Waals surface area contributed by atoms with Crippen LogP contribution in [0.3, 0.4) is 0 Å². The first kappa shape index (κ1) is 15.6. The van der Waals surface area contributed by atoms with Crippen LogP contribution in [0.25, 0.3) is 22.4 Å². The smallest absolute Gasteiger partial charge is 0.0702 e. The molecule has 7 rings (SSSR count). The Morgan fingerprint density at radius 3 is 2.26 bits per heavy atom. The summed E-state index contributed by atoms with van der Waals surface area (Å²) in [5.41, 5.74) is 7.55. The summed E-state index contributed by atoms with van der Waals surface area (Å²) in [6.07, 6.45) is 11.6. The number of aromatic nitrogens is 1. The first-order valence-electron chi connectivity index (χ1n) is 9.51. The Labute approximate surface area is 167 Å². The summed E-state index contributed by atoms with van der Waals surface area (Å²) >= 11 is 3.63. The summed E-state index contributed by atoms with van der Waals surface area (Å²) in [6, 6.07) is 19.5. The van der Waals surface area contributed by atoms with Gasteiger partial charge < -0.3 is 0 Å². The van der Waals surface area contributed by atoms with Crippen molar-refractivity contribution in [2.75, 3.05) is 0 Å². The van der Waals surface area contributed by atoms with Gasteiger partial charge >= 0.3 is 0 Å². The van der Waals surface area contributed by atoms with Gasteiger partial charge in [0.2, 0.25) is 0 Å². The molecular weight excluding hydrogens is 394 g/mol. The van der Waals surface area contributed by atoms with Crippen LogP contribution < -0.4 is 0 Å². The van der Waals surface area contributed by atoms with Crippen molar-refractivity contribution in [1.29, 1.82) is 0 Å². The van der Waals surface area contributed by atoms with E-state index < -0.39 is 0 Å². The van der Waals surface area contributed by atoms with Gasteiger partial charge in [-0.2, -0.15) is 0 Å². The molecule has 130 valence electrons. The molecule has 2 unspecified atom stereocenters. The summed E-state index contributed by atoms with van der Waals surface area (Å²) < 4.78 is 1.10. The highest BCUT2D eigenvalue weighted by Gasteiger charge is 2.51. The maximum absolute atomic E-state index is 4.77. The lowest BCUT2D eigenvalue weighted by atomic mass is 9.91. The van der Waals surface area contributed by atoms with E-state index in [0.29, 0.717) is 11.8 Å². The van der Waals surface area contributed by atoms with Crippen LogP contribution in [-0.4, -0.2) is 4.98 Å². The van der Waals surface area contributed by atoms with Crippen LogP contribution in [0.2, 0.25) is 0 Å². The van der Waals surface area contributed by atoms with Gasteiger partial charge in [0.15, 0.2) is 0 Å². The van der Waals surface area contributed by atoms with E-state index in [1.54, 1.807) is 5.56 Å². The second kappa shape index (κ2) is 5.77. The SMILES string of the molecule is Brc1ccccc1-c1ccc(-c2ccc3c(c2)C2C=CC4C(C=C2)C34)nc1. The normalized spacial score (nSPS) is 26.4. The molecule has 4 aliphatic rings. The zero-order chi connectivity index (χ0) is 18.0. The molecule has 1 aromatic heterocycles. The van der Waals surface area contributed by atoms with Crippen molar-refractivity contribution in [2.24, 2.45) is 11.8 Å². The second-order valence-electron chi connectivity index (χ2n) is 7.73. The van der Waals surface area contributed by atoms with Gasteiger partial charge in [-0.05, 0) is 52.6 Å². The highest BCUT2D eigenvalue weighted by molar-refractivity contribution is 9.10. The van der Waals surface area contributed by atoms with E-state index in [-0.39, 0.29) is 0 Å². The lowest BCUT2D eigenvalue weighted by molar-refractivity contribution is 1.00. The molecule has 2 atom stereocenters. The van der Waals surface area contributed by atoms with Crippen LogP contribution in [0.4, 0.5) is 0 Å². The van der Waals surface area contributed by atoms with Crippen molar-refractivity contribution < 1.29 is 0 Å². The fourth-order valence-corrected chi connectivity index (χ4v) is 5.30.